The average Bonchev–Trinajstić information content (AvgIpc) is 2.32. The largest absolute Gasteiger partial charge is 0.507 e. The number of nitrogens with zero attached hydrogens (tertiary/aromatic N) is 2. The first-order valence-corrected chi connectivity index (χ1v) is 7.05. The number of hydrogen-bond donors (Lipinski definition) is 1. The van der Waals surface area contributed by atoms with E-state index >= 15 is 0 Å². The second-order valence-electron chi connectivity index (χ2n) is 4.78. The van der Waals surface area contributed by atoms with E-state index in [1.54, 1.807) is 18.2 Å². The van der Waals surface area contributed by atoms with Crippen molar-refractivity contribution in [3.8, 4) is 5.75 Å². The molecule has 1 amide bonds. The number of likely N-dealkylation sites (N-methyl/N-ethyl adjacent to an activating group) is 1. The molecule has 4 nitrogen and oxygen atoms in total. The first-order valence-electron chi connectivity index (χ1n) is 5.97. The Balaban J connectivity index is 2.18. The molecule has 1 N–H and O–H groups in total. The Bertz CT molecular complexity index is 464. The zero-order valence-corrected chi connectivity index (χ0v) is 12.7. The van der Waals surface area contributed by atoms with E-state index in [0.29, 0.717) is 5.56 Å². The van der Waals surface area contributed by atoms with Gasteiger partial charge in [0, 0.05) is 31.2 Å². The topological polar surface area (TPSA) is 43.8 Å². The molecule has 1 atom stereocenters. The highest BCUT2D eigenvalue weighted by Gasteiger charge is 2.26. The molecule has 1 heterocycles. The van der Waals surface area contributed by atoms with Crippen LogP contribution in [0.15, 0.2) is 18.2 Å². The minimum Gasteiger partial charge on any atom is -0.507 e. The molecule has 1 aromatic rings. The predicted molar refractivity (Wildman–Crippen MR) is 78.8 cm³/mol. The second-order valence-corrected chi connectivity index (χ2v) is 5.94. The van der Waals surface area contributed by atoms with Gasteiger partial charge in [0.2, 0.25) is 0 Å². The predicted octanol–water partition coefficient (Wildman–Crippen LogP) is 1.77. The van der Waals surface area contributed by atoms with Gasteiger partial charge < -0.3 is 14.9 Å². The third-order valence-corrected chi connectivity index (χ3v) is 4.20. The van der Waals surface area contributed by atoms with Gasteiger partial charge in [0.25, 0.3) is 5.91 Å². The van der Waals surface area contributed by atoms with Gasteiger partial charge in [-0.25, -0.2) is 0 Å². The van der Waals surface area contributed by atoms with Crippen molar-refractivity contribution in [3.63, 3.8) is 0 Å². The molecular formula is C13H17IN2O2. The van der Waals surface area contributed by atoms with Gasteiger partial charge in [0.05, 0.1) is 3.57 Å². The lowest BCUT2D eigenvalue weighted by molar-refractivity contribution is 0.0533. The minimum absolute atomic E-state index is 0.00213. The van der Waals surface area contributed by atoms with Crippen LogP contribution in [-0.2, 0) is 0 Å². The highest BCUT2D eigenvalue weighted by atomic mass is 127. The number of phenolic OH excluding ortho intramolecular Hbond substituents is 1. The van der Waals surface area contributed by atoms with Gasteiger partial charge in [0.15, 0.2) is 0 Å². The molecule has 0 radical (unpaired) electrons. The van der Waals surface area contributed by atoms with Crippen molar-refractivity contribution in [2.75, 3.05) is 26.7 Å². The molecule has 1 unspecified atom stereocenters. The summed E-state index contributed by atoms with van der Waals surface area (Å²) < 4.78 is 0.760. The molecule has 1 aliphatic heterocycles. The summed E-state index contributed by atoms with van der Waals surface area (Å²) in [4.78, 5) is 16.5. The fourth-order valence-corrected chi connectivity index (χ4v) is 2.59. The van der Waals surface area contributed by atoms with Crippen LogP contribution < -0.4 is 0 Å². The van der Waals surface area contributed by atoms with Crippen LogP contribution in [0.1, 0.15) is 17.3 Å². The monoisotopic (exact) mass is 360 g/mol. The third-order valence-electron chi connectivity index (χ3n) is 3.28. The van der Waals surface area contributed by atoms with Gasteiger partial charge >= 0.3 is 0 Å². The van der Waals surface area contributed by atoms with Crippen molar-refractivity contribution in [2.24, 2.45) is 0 Å². The lowest BCUT2D eigenvalue weighted by Crippen LogP contribution is -2.52. The van der Waals surface area contributed by atoms with Gasteiger partial charge in [0.1, 0.15) is 5.75 Å². The Morgan fingerprint density at radius 3 is 2.78 bits per heavy atom. The molecule has 18 heavy (non-hydrogen) atoms. The molecule has 0 aromatic heterocycles. The number of hydrogen-bond acceptors (Lipinski definition) is 3. The number of amides is 1. The van der Waals surface area contributed by atoms with E-state index in [1.165, 1.54) is 0 Å². The van der Waals surface area contributed by atoms with Crippen LogP contribution in [0.25, 0.3) is 0 Å². The number of piperazine rings is 1. The van der Waals surface area contributed by atoms with Crippen LogP contribution >= 0.6 is 22.6 Å². The number of carbonyl (C=O) groups excluding carboxylic acids is 1. The second kappa shape index (κ2) is 5.44. The Labute approximate surface area is 121 Å². The van der Waals surface area contributed by atoms with E-state index < -0.39 is 0 Å². The molecule has 0 spiro atoms. The minimum atomic E-state index is 0.00213. The van der Waals surface area contributed by atoms with E-state index in [2.05, 4.69) is 18.9 Å². The summed E-state index contributed by atoms with van der Waals surface area (Å²) in [5, 5.41) is 9.67. The van der Waals surface area contributed by atoms with Crippen molar-refractivity contribution in [1.29, 1.82) is 0 Å². The number of rotatable bonds is 1. The normalized spacial score (nSPS) is 21.1. The summed E-state index contributed by atoms with van der Waals surface area (Å²) >= 11 is 2.04. The van der Waals surface area contributed by atoms with Crippen molar-refractivity contribution in [1.82, 2.24) is 9.80 Å². The van der Waals surface area contributed by atoms with Crippen LogP contribution in [0, 0.1) is 3.57 Å². The number of phenols is 1. The van der Waals surface area contributed by atoms with Crippen LogP contribution in [0.4, 0.5) is 0 Å². The van der Waals surface area contributed by atoms with Crippen molar-refractivity contribution in [3.05, 3.63) is 27.3 Å². The van der Waals surface area contributed by atoms with E-state index in [4.69, 9.17) is 0 Å². The van der Waals surface area contributed by atoms with E-state index in [9.17, 15) is 9.90 Å². The van der Waals surface area contributed by atoms with Gasteiger partial charge in [-0.3, -0.25) is 4.79 Å². The summed E-state index contributed by atoms with van der Waals surface area (Å²) in [7, 11) is 2.06. The zero-order chi connectivity index (χ0) is 13.3. The van der Waals surface area contributed by atoms with Crippen molar-refractivity contribution >= 4 is 28.5 Å². The maximum Gasteiger partial charge on any atom is 0.254 e. The third kappa shape index (κ3) is 2.77. The fraction of sp³-hybridized carbons (Fsp3) is 0.462. The average molecular weight is 360 g/mol. The van der Waals surface area contributed by atoms with Crippen LogP contribution in [-0.4, -0.2) is 53.5 Å². The number of aromatic hydroxyl groups is 1. The molecule has 98 valence electrons. The van der Waals surface area contributed by atoms with E-state index in [0.717, 1.165) is 23.2 Å². The number of carbonyl (C=O) groups is 1. The maximum atomic E-state index is 12.4. The van der Waals surface area contributed by atoms with E-state index in [-0.39, 0.29) is 17.7 Å². The van der Waals surface area contributed by atoms with Gasteiger partial charge in [-0.2, -0.15) is 0 Å². The van der Waals surface area contributed by atoms with Crippen LogP contribution in [0.2, 0.25) is 0 Å². The van der Waals surface area contributed by atoms with Gasteiger partial charge in [-0.05, 0) is 54.8 Å². The summed E-state index contributed by atoms with van der Waals surface area (Å²) in [5.41, 5.74) is 0.560. The SMILES string of the molecule is CC1CN(C)CCN1C(=O)c1ccc(I)c(O)c1. The van der Waals surface area contributed by atoms with Gasteiger partial charge in [-0.1, -0.05) is 0 Å². The standard InChI is InChI=1S/C13H17IN2O2/c1-9-8-15(2)5-6-16(9)13(18)10-3-4-11(14)12(17)7-10/h3-4,7,9,17H,5-6,8H2,1-2H3. The molecule has 2 rings (SSSR count). The highest BCUT2D eigenvalue weighted by Crippen LogP contribution is 2.22. The lowest BCUT2D eigenvalue weighted by atomic mass is 10.1. The quantitative estimate of drug-likeness (QED) is 0.777. The fourth-order valence-electron chi connectivity index (χ4n) is 2.25. The molecule has 1 aliphatic rings. The maximum absolute atomic E-state index is 12.4. The smallest absolute Gasteiger partial charge is 0.254 e. The Morgan fingerprint density at radius 1 is 1.44 bits per heavy atom. The Kier molecular flexibility index (Phi) is 4.11. The number of benzene rings is 1. The molecule has 1 aromatic carbocycles. The first kappa shape index (κ1) is 13.6. The summed E-state index contributed by atoms with van der Waals surface area (Å²) in [6.07, 6.45) is 0. The highest BCUT2D eigenvalue weighted by molar-refractivity contribution is 14.1. The lowest BCUT2D eigenvalue weighted by Gasteiger charge is -2.38. The molecule has 0 aliphatic carbocycles. The van der Waals surface area contributed by atoms with Crippen molar-refractivity contribution in [2.45, 2.75) is 13.0 Å². The summed E-state index contributed by atoms with van der Waals surface area (Å²) in [5.74, 6) is 0.172. The van der Waals surface area contributed by atoms with E-state index in [1.807, 2.05) is 27.5 Å². The van der Waals surface area contributed by atoms with Gasteiger partial charge in [-0.15, -0.1) is 0 Å². The Morgan fingerprint density at radius 2 is 2.17 bits per heavy atom. The summed E-state index contributed by atoms with van der Waals surface area (Å²) in [6, 6.07) is 5.30. The molecule has 5 heteroatoms. The molecule has 0 bridgehead atoms. The molecule has 1 fully saturated rings. The Hall–Kier alpha value is -0.820. The zero-order valence-electron chi connectivity index (χ0n) is 10.6. The number of halogens is 1. The molecule has 0 saturated carbocycles. The van der Waals surface area contributed by atoms with Crippen LogP contribution in [0.3, 0.4) is 0 Å². The summed E-state index contributed by atoms with van der Waals surface area (Å²) in [6.45, 7) is 4.58. The first-order chi connectivity index (χ1) is 8.49. The molecular weight excluding hydrogens is 343 g/mol. The molecule has 1 saturated heterocycles. The van der Waals surface area contributed by atoms with Crippen LogP contribution in [0.5, 0.6) is 5.75 Å². The van der Waals surface area contributed by atoms with Crippen molar-refractivity contribution < 1.29 is 9.90 Å².